The van der Waals surface area contributed by atoms with E-state index in [1.807, 2.05) is 51.2 Å². The number of carbonyl (C=O) groups is 2. The number of ether oxygens (including phenoxy) is 1. The summed E-state index contributed by atoms with van der Waals surface area (Å²) in [5.74, 6) is 13.8. The molecule has 2 aliphatic heterocycles. The summed E-state index contributed by atoms with van der Waals surface area (Å²) in [6.45, 7) is 5.41. The quantitative estimate of drug-likeness (QED) is 0.140. The standard InChI is InChI=1S/C39H44N8O3.4ClH/c1-25(2)35(45-39(49)50-5)38(48)47-21-9-13-34(47)37-42-24-33(44-37)28-15-14-26(31(22-28)27-16-18-30(19-17-27)46(3)4)10-6-7-11-29-23-41-36(43-29)32-12-8-20-40-32;;;;/h14-19,22-25,32,34-35,40H,8-9,12-13,20-21H2,1-5H3,(H,41,43)(H,42,44)(H,45,49);4*1H/t32-,34-,35-;;;;/m0..../s1. The number of anilines is 1. The van der Waals surface area contributed by atoms with E-state index in [1.54, 1.807) is 6.20 Å². The Morgan fingerprint density at radius 2 is 1.61 bits per heavy atom. The van der Waals surface area contributed by atoms with Gasteiger partial charge in [-0.2, -0.15) is 0 Å². The fourth-order valence-electron chi connectivity index (χ4n) is 6.54. The van der Waals surface area contributed by atoms with Crippen molar-refractivity contribution in [3.63, 3.8) is 0 Å². The van der Waals surface area contributed by atoms with Crippen LogP contribution >= 0.6 is 49.6 Å². The van der Waals surface area contributed by atoms with Crippen molar-refractivity contribution in [3.05, 3.63) is 77.8 Å². The Kier molecular flexibility index (Phi) is 17.7. The average Bonchev–Trinajstić information content (AvgIpc) is 3.95. The van der Waals surface area contributed by atoms with E-state index in [9.17, 15) is 9.59 Å². The molecule has 0 bridgehead atoms. The molecule has 290 valence electrons. The SMILES string of the molecule is COC(=O)N[C@H](C(=O)N1CCC[C@H]1c1ncc(-c2ccc(C#CC#Cc3cnc([C@@H]4CCCN4)[nH]3)c(-c3ccc(N(C)C)cc3)c2)[nH]1)C(C)C.Cl.Cl.Cl.Cl. The number of carbonyl (C=O) groups excluding carboxylic acids is 2. The second-order valence-electron chi connectivity index (χ2n) is 13.3. The lowest BCUT2D eigenvalue weighted by Gasteiger charge is -2.30. The van der Waals surface area contributed by atoms with Crippen LogP contribution in [-0.2, 0) is 9.53 Å². The van der Waals surface area contributed by atoms with E-state index in [0.717, 1.165) is 77.4 Å². The lowest BCUT2D eigenvalue weighted by atomic mass is 9.96. The van der Waals surface area contributed by atoms with Gasteiger partial charge in [-0.3, -0.25) is 4.79 Å². The lowest BCUT2D eigenvalue weighted by molar-refractivity contribution is -0.135. The monoisotopic (exact) mass is 816 g/mol. The van der Waals surface area contributed by atoms with Crippen molar-refractivity contribution in [1.29, 1.82) is 0 Å². The maximum Gasteiger partial charge on any atom is 0.407 e. The van der Waals surface area contributed by atoms with Gasteiger partial charge in [-0.25, -0.2) is 14.8 Å². The van der Waals surface area contributed by atoms with Gasteiger partial charge in [0.15, 0.2) is 0 Å². The van der Waals surface area contributed by atoms with Crippen molar-refractivity contribution in [2.45, 2.75) is 57.7 Å². The van der Waals surface area contributed by atoms with Gasteiger partial charge >= 0.3 is 6.09 Å². The van der Waals surface area contributed by atoms with Crippen LogP contribution in [-0.4, -0.2) is 77.2 Å². The van der Waals surface area contributed by atoms with Gasteiger partial charge in [-0.15, -0.1) is 49.6 Å². The largest absolute Gasteiger partial charge is 0.453 e. The highest BCUT2D eigenvalue weighted by molar-refractivity contribution is 5.87. The third kappa shape index (κ3) is 10.7. The average molecular weight is 819 g/mol. The Labute approximate surface area is 342 Å². The molecule has 0 unspecified atom stereocenters. The number of alkyl carbamates (subject to hydrolysis) is 1. The minimum Gasteiger partial charge on any atom is -0.453 e. The van der Waals surface area contributed by atoms with Crippen LogP contribution in [0.4, 0.5) is 10.5 Å². The zero-order valence-corrected chi connectivity index (χ0v) is 34.2. The summed E-state index contributed by atoms with van der Waals surface area (Å²) in [5, 5.41) is 6.16. The van der Waals surface area contributed by atoms with Crippen LogP contribution in [0, 0.1) is 29.6 Å². The molecule has 15 heteroatoms. The molecule has 6 rings (SSSR count). The normalized spacial score (nSPS) is 16.1. The summed E-state index contributed by atoms with van der Waals surface area (Å²) >= 11 is 0. The first-order valence-electron chi connectivity index (χ1n) is 17.1. The molecule has 4 aromatic rings. The van der Waals surface area contributed by atoms with E-state index < -0.39 is 12.1 Å². The van der Waals surface area contributed by atoms with Gasteiger partial charge in [0.05, 0.1) is 37.3 Å². The van der Waals surface area contributed by atoms with E-state index in [2.05, 4.69) is 84.5 Å². The Morgan fingerprint density at radius 1 is 0.907 bits per heavy atom. The molecule has 2 aromatic carbocycles. The zero-order valence-electron chi connectivity index (χ0n) is 30.9. The van der Waals surface area contributed by atoms with E-state index in [1.165, 1.54) is 7.11 Å². The number of aromatic nitrogens is 4. The van der Waals surface area contributed by atoms with Gasteiger partial charge in [0.1, 0.15) is 23.4 Å². The molecule has 2 amide bonds. The van der Waals surface area contributed by atoms with Crippen LogP contribution in [0.15, 0.2) is 54.9 Å². The van der Waals surface area contributed by atoms with Gasteiger partial charge in [0.25, 0.3) is 0 Å². The topological polar surface area (TPSA) is 131 Å². The molecule has 2 aromatic heterocycles. The summed E-state index contributed by atoms with van der Waals surface area (Å²) in [6, 6.07) is 13.9. The molecule has 0 radical (unpaired) electrons. The van der Waals surface area contributed by atoms with Crippen LogP contribution in [0.2, 0.25) is 0 Å². The summed E-state index contributed by atoms with van der Waals surface area (Å²) in [6.07, 6.45) is 6.79. The Bertz CT molecular complexity index is 1970. The van der Waals surface area contributed by atoms with E-state index in [-0.39, 0.29) is 73.5 Å². The van der Waals surface area contributed by atoms with Gasteiger partial charge in [-0.05, 0) is 91.3 Å². The van der Waals surface area contributed by atoms with Crippen molar-refractivity contribution >= 4 is 67.3 Å². The number of hydrogen-bond donors (Lipinski definition) is 4. The van der Waals surface area contributed by atoms with Gasteiger partial charge in [0, 0.05) is 37.5 Å². The van der Waals surface area contributed by atoms with Crippen molar-refractivity contribution in [1.82, 2.24) is 35.5 Å². The number of aromatic amines is 2. The molecule has 4 N–H and O–H groups in total. The first-order valence-corrected chi connectivity index (χ1v) is 17.1. The summed E-state index contributed by atoms with van der Waals surface area (Å²) < 4.78 is 4.77. The highest BCUT2D eigenvalue weighted by atomic mass is 35.5. The maximum atomic E-state index is 13.6. The van der Waals surface area contributed by atoms with Crippen LogP contribution in [0.1, 0.15) is 74.5 Å². The van der Waals surface area contributed by atoms with E-state index in [4.69, 9.17) is 9.72 Å². The number of halogens is 4. The molecule has 11 nitrogen and oxygen atoms in total. The van der Waals surface area contributed by atoms with Gasteiger partial charge in [-0.1, -0.05) is 38.0 Å². The summed E-state index contributed by atoms with van der Waals surface area (Å²) in [5.41, 5.74) is 6.49. The molecule has 4 heterocycles. The highest BCUT2D eigenvalue weighted by Crippen LogP contribution is 2.34. The van der Waals surface area contributed by atoms with Gasteiger partial charge in [0.2, 0.25) is 5.91 Å². The number of methoxy groups -OCH3 is 1. The molecule has 0 spiro atoms. The molecule has 3 atom stereocenters. The first kappa shape index (κ1) is 45.8. The Hall–Kier alpha value is -4.36. The summed E-state index contributed by atoms with van der Waals surface area (Å²) in [4.78, 5) is 45.5. The number of hydrogen-bond acceptors (Lipinski definition) is 7. The van der Waals surface area contributed by atoms with Gasteiger partial charge < -0.3 is 35.1 Å². The fraction of sp³-hybridized carbons (Fsp3) is 0.385. The zero-order chi connectivity index (χ0) is 35.2. The summed E-state index contributed by atoms with van der Waals surface area (Å²) in [7, 11) is 5.33. The van der Waals surface area contributed by atoms with Crippen LogP contribution in [0.5, 0.6) is 0 Å². The first-order chi connectivity index (χ1) is 24.2. The van der Waals surface area contributed by atoms with Crippen LogP contribution in [0.3, 0.4) is 0 Å². The maximum absolute atomic E-state index is 13.6. The van der Waals surface area contributed by atoms with Crippen molar-refractivity contribution < 1.29 is 14.3 Å². The predicted molar refractivity (Wildman–Crippen MR) is 223 cm³/mol. The van der Waals surface area contributed by atoms with Crippen molar-refractivity contribution in [2.24, 2.45) is 5.92 Å². The third-order valence-corrected chi connectivity index (χ3v) is 9.31. The van der Waals surface area contributed by atoms with E-state index in [0.29, 0.717) is 12.4 Å². The number of H-pyrrole nitrogens is 2. The molecule has 54 heavy (non-hydrogen) atoms. The second-order valence-corrected chi connectivity index (χ2v) is 13.3. The number of benzene rings is 2. The fourth-order valence-corrected chi connectivity index (χ4v) is 6.54. The smallest absolute Gasteiger partial charge is 0.407 e. The number of nitrogens with one attached hydrogen (secondary N) is 4. The third-order valence-electron chi connectivity index (χ3n) is 9.31. The Morgan fingerprint density at radius 3 is 2.28 bits per heavy atom. The molecule has 2 saturated heterocycles. The number of amides is 2. The van der Waals surface area contributed by atoms with E-state index >= 15 is 0 Å². The van der Waals surface area contributed by atoms with Crippen molar-refractivity contribution in [3.8, 4) is 46.1 Å². The number of nitrogens with zero attached hydrogens (tertiary/aromatic N) is 4. The van der Waals surface area contributed by atoms with Crippen LogP contribution < -0.4 is 15.5 Å². The molecular weight excluding hydrogens is 770 g/mol. The molecular formula is C39H48Cl4N8O3. The Balaban J connectivity index is 0.00000252. The predicted octanol–water partition coefficient (Wildman–Crippen LogP) is 7.09. The number of likely N-dealkylation sites (tertiary alicyclic amines) is 1. The molecule has 0 saturated carbocycles. The molecule has 2 fully saturated rings. The minimum absolute atomic E-state index is 0. The second kappa shape index (κ2) is 20.9. The number of imidazole rings is 2. The minimum atomic E-state index is -0.691. The number of rotatable bonds is 8. The molecule has 2 aliphatic rings. The van der Waals surface area contributed by atoms with Crippen LogP contribution in [0.25, 0.3) is 22.4 Å². The van der Waals surface area contributed by atoms with Crippen molar-refractivity contribution in [2.75, 3.05) is 39.2 Å². The lowest BCUT2D eigenvalue weighted by Crippen LogP contribution is -2.51. The molecule has 0 aliphatic carbocycles. The highest BCUT2D eigenvalue weighted by Gasteiger charge is 2.37.